The van der Waals surface area contributed by atoms with Gasteiger partial charge in [0.2, 0.25) is 5.91 Å². The Morgan fingerprint density at radius 3 is 2.81 bits per heavy atom. The second-order valence-corrected chi connectivity index (χ2v) is 7.82. The van der Waals surface area contributed by atoms with Crippen molar-refractivity contribution in [3.8, 4) is 5.75 Å². The Balaban J connectivity index is 1.46. The van der Waals surface area contributed by atoms with Gasteiger partial charge in [-0.2, -0.15) is 0 Å². The van der Waals surface area contributed by atoms with Gasteiger partial charge in [-0.3, -0.25) is 9.69 Å². The summed E-state index contributed by atoms with van der Waals surface area (Å²) in [5.41, 5.74) is 1.17. The molecule has 0 saturated carbocycles. The predicted octanol–water partition coefficient (Wildman–Crippen LogP) is 2.30. The minimum atomic E-state index is 0.270. The van der Waals surface area contributed by atoms with Gasteiger partial charge in [0.15, 0.2) is 0 Å². The predicted molar refractivity (Wildman–Crippen MR) is 104 cm³/mol. The fourth-order valence-corrected chi connectivity index (χ4v) is 4.04. The summed E-state index contributed by atoms with van der Waals surface area (Å²) in [5.74, 6) is 1.66. The van der Waals surface area contributed by atoms with E-state index in [1.807, 2.05) is 23.1 Å². The van der Waals surface area contributed by atoms with Crippen molar-refractivity contribution < 1.29 is 9.53 Å². The zero-order chi connectivity index (χ0) is 18.4. The zero-order valence-electron chi connectivity index (χ0n) is 16.2. The molecule has 1 unspecified atom stereocenters. The molecule has 5 nitrogen and oxygen atoms in total. The number of aryl methyl sites for hydroxylation is 1. The molecule has 1 atom stereocenters. The molecule has 2 fully saturated rings. The number of hydrogen-bond acceptors (Lipinski definition) is 4. The number of likely N-dealkylation sites (N-methyl/N-ethyl adjacent to an activating group) is 1. The van der Waals surface area contributed by atoms with Crippen LogP contribution in [0.4, 0.5) is 0 Å². The smallest absolute Gasteiger partial charge is 0.236 e. The van der Waals surface area contributed by atoms with Crippen LogP contribution in [0.15, 0.2) is 24.3 Å². The van der Waals surface area contributed by atoms with E-state index in [0.717, 1.165) is 57.6 Å². The van der Waals surface area contributed by atoms with Gasteiger partial charge in [-0.1, -0.05) is 18.2 Å². The molecule has 2 saturated heterocycles. The molecule has 2 aliphatic heterocycles. The molecule has 1 amide bonds. The Labute approximate surface area is 157 Å². The number of rotatable bonds is 6. The number of likely N-dealkylation sites (tertiary alicyclic amines) is 1. The number of para-hydroxylation sites is 1. The first kappa shape index (κ1) is 19.2. The summed E-state index contributed by atoms with van der Waals surface area (Å²) in [7, 11) is 2.09. The monoisotopic (exact) mass is 359 g/mol. The number of piperidine rings is 2. The molecule has 26 heavy (non-hydrogen) atoms. The van der Waals surface area contributed by atoms with Crippen molar-refractivity contribution in [3.63, 3.8) is 0 Å². The van der Waals surface area contributed by atoms with Crippen LogP contribution in [0.3, 0.4) is 0 Å². The van der Waals surface area contributed by atoms with Gasteiger partial charge in [-0.25, -0.2) is 0 Å². The van der Waals surface area contributed by atoms with E-state index in [9.17, 15) is 4.79 Å². The highest BCUT2D eigenvalue weighted by atomic mass is 16.5. The van der Waals surface area contributed by atoms with Crippen LogP contribution < -0.4 is 10.1 Å². The second kappa shape index (κ2) is 9.38. The lowest BCUT2D eigenvalue weighted by atomic mass is 9.98. The van der Waals surface area contributed by atoms with Gasteiger partial charge >= 0.3 is 0 Å². The van der Waals surface area contributed by atoms with Crippen LogP contribution in [-0.4, -0.2) is 68.1 Å². The van der Waals surface area contributed by atoms with E-state index >= 15 is 0 Å². The number of nitrogens with one attached hydrogen (secondary N) is 1. The lowest BCUT2D eigenvalue weighted by molar-refractivity contribution is -0.134. The Kier molecular flexibility index (Phi) is 6.92. The maximum Gasteiger partial charge on any atom is 0.236 e. The van der Waals surface area contributed by atoms with Crippen molar-refractivity contribution in [1.82, 2.24) is 15.1 Å². The lowest BCUT2D eigenvalue weighted by Gasteiger charge is -2.36. The van der Waals surface area contributed by atoms with Crippen molar-refractivity contribution in [1.29, 1.82) is 0 Å². The molecular weight excluding hydrogens is 326 g/mol. The third kappa shape index (κ3) is 5.21. The van der Waals surface area contributed by atoms with Crippen molar-refractivity contribution >= 4 is 5.91 Å². The average Bonchev–Trinajstić information content (AvgIpc) is 2.68. The molecule has 0 radical (unpaired) electrons. The highest BCUT2D eigenvalue weighted by Crippen LogP contribution is 2.21. The second-order valence-electron chi connectivity index (χ2n) is 7.82. The molecule has 3 rings (SSSR count). The molecular formula is C21H33N3O2. The topological polar surface area (TPSA) is 44.8 Å². The first-order chi connectivity index (χ1) is 12.6. The molecule has 0 aromatic heterocycles. The van der Waals surface area contributed by atoms with Gasteiger partial charge in [0.1, 0.15) is 5.75 Å². The number of carbonyl (C=O) groups excluding carboxylic acids is 1. The Bertz CT molecular complexity index is 586. The highest BCUT2D eigenvalue weighted by molar-refractivity contribution is 5.78. The van der Waals surface area contributed by atoms with Crippen LogP contribution in [0.1, 0.15) is 31.2 Å². The van der Waals surface area contributed by atoms with E-state index in [4.69, 9.17) is 4.74 Å². The minimum Gasteiger partial charge on any atom is -0.493 e. The third-order valence-corrected chi connectivity index (χ3v) is 5.76. The van der Waals surface area contributed by atoms with Crippen LogP contribution in [-0.2, 0) is 4.79 Å². The molecule has 1 aromatic carbocycles. The molecule has 2 heterocycles. The number of amides is 1. The number of benzene rings is 1. The van der Waals surface area contributed by atoms with Crippen LogP contribution in [0.5, 0.6) is 5.75 Å². The summed E-state index contributed by atoms with van der Waals surface area (Å²) in [6.45, 7) is 7.14. The summed E-state index contributed by atoms with van der Waals surface area (Å²) in [6.07, 6.45) is 4.48. The number of carbonyl (C=O) groups is 1. The maximum absolute atomic E-state index is 12.8. The Morgan fingerprint density at radius 2 is 2.04 bits per heavy atom. The number of hydrogen-bond donors (Lipinski definition) is 1. The largest absolute Gasteiger partial charge is 0.493 e. The highest BCUT2D eigenvalue weighted by Gasteiger charge is 2.26. The summed E-state index contributed by atoms with van der Waals surface area (Å²) in [4.78, 5) is 17.0. The van der Waals surface area contributed by atoms with Crippen molar-refractivity contribution in [2.45, 2.75) is 38.6 Å². The van der Waals surface area contributed by atoms with E-state index < -0.39 is 0 Å². The Hall–Kier alpha value is -1.59. The van der Waals surface area contributed by atoms with E-state index in [1.54, 1.807) is 0 Å². The van der Waals surface area contributed by atoms with E-state index in [1.165, 1.54) is 5.56 Å². The van der Waals surface area contributed by atoms with Crippen LogP contribution >= 0.6 is 0 Å². The van der Waals surface area contributed by atoms with Gasteiger partial charge in [-0.05, 0) is 64.4 Å². The minimum absolute atomic E-state index is 0.270. The molecule has 2 aliphatic rings. The van der Waals surface area contributed by atoms with Gasteiger partial charge in [0.25, 0.3) is 0 Å². The first-order valence-electron chi connectivity index (χ1n) is 10.0. The lowest BCUT2D eigenvalue weighted by Crippen LogP contribution is -2.49. The molecule has 144 valence electrons. The third-order valence-electron chi connectivity index (χ3n) is 5.76. The van der Waals surface area contributed by atoms with Crippen LogP contribution in [0.2, 0.25) is 0 Å². The molecule has 0 aliphatic carbocycles. The summed E-state index contributed by atoms with van der Waals surface area (Å²) < 4.78 is 6.03. The SMILES string of the molecule is Cc1ccccc1OCC1CCCN(C(=O)CN(C)C2CCNCC2)C1. The van der Waals surface area contributed by atoms with Crippen LogP contribution in [0, 0.1) is 12.8 Å². The fourth-order valence-electron chi connectivity index (χ4n) is 4.04. The first-order valence-corrected chi connectivity index (χ1v) is 10.0. The summed E-state index contributed by atoms with van der Waals surface area (Å²) in [5, 5.41) is 3.39. The van der Waals surface area contributed by atoms with E-state index in [2.05, 4.69) is 30.3 Å². The number of nitrogens with zero attached hydrogens (tertiary/aromatic N) is 2. The molecule has 0 spiro atoms. The van der Waals surface area contributed by atoms with Gasteiger partial charge in [0, 0.05) is 25.0 Å². The molecule has 1 N–H and O–H groups in total. The number of ether oxygens (including phenoxy) is 1. The normalized spacial score (nSPS) is 21.8. The van der Waals surface area contributed by atoms with Crippen LogP contribution in [0.25, 0.3) is 0 Å². The van der Waals surface area contributed by atoms with Gasteiger partial charge in [-0.15, -0.1) is 0 Å². The average molecular weight is 360 g/mol. The standard InChI is InChI=1S/C21H33N3O2/c1-17-6-3-4-8-20(17)26-16-18-7-5-13-24(14-18)21(25)15-23(2)19-9-11-22-12-10-19/h3-4,6,8,18-19,22H,5,7,9-16H2,1-2H3. The van der Waals surface area contributed by atoms with Gasteiger partial charge in [0.05, 0.1) is 13.2 Å². The van der Waals surface area contributed by atoms with Crippen molar-refractivity contribution in [3.05, 3.63) is 29.8 Å². The molecule has 5 heteroatoms. The van der Waals surface area contributed by atoms with Crippen molar-refractivity contribution in [2.24, 2.45) is 5.92 Å². The molecule has 1 aromatic rings. The van der Waals surface area contributed by atoms with Crippen molar-refractivity contribution in [2.75, 3.05) is 46.4 Å². The zero-order valence-corrected chi connectivity index (χ0v) is 16.2. The van der Waals surface area contributed by atoms with E-state index in [-0.39, 0.29) is 5.91 Å². The van der Waals surface area contributed by atoms with Gasteiger partial charge < -0.3 is 15.0 Å². The fraction of sp³-hybridized carbons (Fsp3) is 0.667. The molecule has 0 bridgehead atoms. The quantitative estimate of drug-likeness (QED) is 0.846. The maximum atomic E-state index is 12.8. The van der Waals surface area contributed by atoms with E-state index in [0.29, 0.717) is 25.1 Å². The summed E-state index contributed by atoms with van der Waals surface area (Å²) >= 11 is 0. The Morgan fingerprint density at radius 1 is 1.27 bits per heavy atom. The summed E-state index contributed by atoms with van der Waals surface area (Å²) in [6, 6.07) is 8.67.